The van der Waals surface area contributed by atoms with Gasteiger partial charge in [0.1, 0.15) is 5.75 Å². The molecule has 1 fully saturated rings. The second kappa shape index (κ2) is 8.87. The van der Waals surface area contributed by atoms with Crippen LogP contribution in [0.5, 0.6) is 5.75 Å². The van der Waals surface area contributed by atoms with Crippen LogP contribution in [0.25, 0.3) is 11.0 Å². The molecule has 3 aromatic rings. The number of phenols is 1. The Balaban J connectivity index is 1.20. The third-order valence-electron chi connectivity index (χ3n) is 7.16. The van der Waals surface area contributed by atoms with Gasteiger partial charge in [0, 0.05) is 47.1 Å². The molecule has 1 N–H and O–H groups in total. The molecule has 1 amide bonds. The molecule has 0 bridgehead atoms. The Hall–Kier alpha value is -2.38. The zero-order valence-corrected chi connectivity index (χ0v) is 19.7. The molecular weight excluding hydrogens is 422 g/mol. The van der Waals surface area contributed by atoms with Crippen LogP contribution in [0.1, 0.15) is 59.2 Å². The molecule has 1 aromatic carbocycles. The number of hydrogen-bond acceptors (Lipinski definition) is 6. The fourth-order valence-electron chi connectivity index (χ4n) is 5.34. The summed E-state index contributed by atoms with van der Waals surface area (Å²) in [6.07, 6.45) is 5.34. The Morgan fingerprint density at radius 2 is 2.09 bits per heavy atom. The normalized spacial score (nSPS) is 17.8. The van der Waals surface area contributed by atoms with E-state index in [4.69, 9.17) is 4.52 Å². The number of phenolic OH excluding ortho intramolecular Hbond substituents is 1. The summed E-state index contributed by atoms with van der Waals surface area (Å²) < 4.78 is 5.46. The van der Waals surface area contributed by atoms with Crippen molar-refractivity contribution >= 4 is 28.2 Å². The van der Waals surface area contributed by atoms with Crippen molar-refractivity contribution in [1.29, 1.82) is 0 Å². The van der Waals surface area contributed by atoms with Gasteiger partial charge in [-0.15, -0.1) is 11.3 Å². The van der Waals surface area contributed by atoms with Gasteiger partial charge in [-0.2, -0.15) is 0 Å². The van der Waals surface area contributed by atoms with E-state index in [9.17, 15) is 9.90 Å². The Labute approximate surface area is 192 Å². The summed E-state index contributed by atoms with van der Waals surface area (Å²) in [7, 11) is 0. The monoisotopic (exact) mass is 453 g/mol. The summed E-state index contributed by atoms with van der Waals surface area (Å²) in [4.78, 5) is 19.3. The summed E-state index contributed by atoms with van der Waals surface area (Å²) in [5, 5.41) is 15.0. The van der Waals surface area contributed by atoms with Crippen molar-refractivity contribution in [3.05, 3.63) is 44.8 Å². The van der Waals surface area contributed by atoms with Crippen molar-refractivity contribution in [2.45, 2.75) is 58.4 Å². The van der Waals surface area contributed by atoms with Gasteiger partial charge in [-0.05, 0) is 68.5 Å². The second-order valence-electron chi connectivity index (χ2n) is 9.06. The summed E-state index contributed by atoms with van der Waals surface area (Å²) >= 11 is 1.93. The summed E-state index contributed by atoms with van der Waals surface area (Å²) in [6, 6.07) is 5.27. The second-order valence-corrected chi connectivity index (χ2v) is 10.3. The van der Waals surface area contributed by atoms with Crippen molar-refractivity contribution in [2.24, 2.45) is 0 Å². The number of carbonyl (C=O) groups is 1. The lowest BCUT2D eigenvalue weighted by Gasteiger charge is -2.31. The molecule has 1 saturated heterocycles. The van der Waals surface area contributed by atoms with Crippen molar-refractivity contribution in [1.82, 2.24) is 15.0 Å². The van der Waals surface area contributed by atoms with E-state index in [0.717, 1.165) is 75.9 Å². The first kappa shape index (κ1) is 21.5. The number of aromatic hydroxyl groups is 1. The first-order chi connectivity index (χ1) is 15.5. The lowest BCUT2D eigenvalue weighted by molar-refractivity contribution is -0.129. The quantitative estimate of drug-likeness (QED) is 0.617. The number of likely N-dealkylation sites (tertiary alicyclic amines) is 1. The first-order valence-corrected chi connectivity index (χ1v) is 12.5. The molecule has 2 aliphatic heterocycles. The Bertz CT molecular complexity index is 1130. The molecule has 0 aliphatic carbocycles. The van der Waals surface area contributed by atoms with Gasteiger partial charge in [-0.25, -0.2) is 0 Å². The highest BCUT2D eigenvalue weighted by atomic mass is 32.1. The van der Waals surface area contributed by atoms with Gasteiger partial charge in [-0.3, -0.25) is 4.79 Å². The van der Waals surface area contributed by atoms with Crippen LogP contribution < -0.4 is 0 Å². The Morgan fingerprint density at radius 3 is 2.84 bits per heavy atom. The predicted molar refractivity (Wildman–Crippen MR) is 126 cm³/mol. The fourth-order valence-corrected chi connectivity index (χ4v) is 6.79. The molecule has 2 aliphatic rings. The van der Waals surface area contributed by atoms with Crippen molar-refractivity contribution < 1.29 is 14.4 Å². The van der Waals surface area contributed by atoms with E-state index in [1.54, 1.807) is 24.6 Å². The van der Waals surface area contributed by atoms with Crippen LogP contribution in [0, 0.1) is 0 Å². The molecule has 7 heteroatoms. The number of piperidine rings is 1. The minimum Gasteiger partial charge on any atom is -0.508 e. The van der Waals surface area contributed by atoms with E-state index in [1.807, 2.05) is 22.3 Å². The third kappa shape index (κ3) is 4.04. The van der Waals surface area contributed by atoms with Gasteiger partial charge in [0.05, 0.1) is 12.2 Å². The fraction of sp³-hybridized carbons (Fsp3) is 0.520. The van der Waals surface area contributed by atoms with E-state index in [2.05, 4.69) is 17.0 Å². The Morgan fingerprint density at radius 1 is 1.28 bits per heavy atom. The standard InChI is InChI=1S/C25H31N3O3S/c1-3-19-20-8-13-28(16(2)29)15-24(20)32-23(19)9-12-27-10-6-17(7-11-27)25-21-5-4-18(30)14-22(21)31-26-25/h4-5,14,17,30H,3,6-13,15H2,1-2H3. The van der Waals surface area contributed by atoms with Gasteiger partial charge in [0.25, 0.3) is 0 Å². The van der Waals surface area contributed by atoms with Crippen molar-refractivity contribution in [3.63, 3.8) is 0 Å². The van der Waals surface area contributed by atoms with Crippen LogP contribution in [0.2, 0.25) is 0 Å². The summed E-state index contributed by atoms with van der Waals surface area (Å²) in [5.41, 5.74) is 4.77. The van der Waals surface area contributed by atoms with Crippen LogP contribution in [-0.2, 0) is 30.6 Å². The number of benzene rings is 1. The smallest absolute Gasteiger partial charge is 0.219 e. The van der Waals surface area contributed by atoms with Crippen molar-refractivity contribution in [3.8, 4) is 5.75 Å². The molecule has 0 atom stereocenters. The van der Waals surface area contributed by atoms with Crippen LogP contribution >= 0.6 is 11.3 Å². The van der Waals surface area contributed by atoms with Gasteiger partial charge in [0.2, 0.25) is 5.91 Å². The van der Waals surface area contributed by atoms with Gasteiger partial charge < -0.3 is 19.4 Å². The number of carbonyl (C=O) groups excluding carboxylic acids is 1. The predicted octanol–water partition coefficient (Wildman–Crippen LogP) is 4.48. The molecular formula is C25H31N3O3S. The van der Waals surface area contributed by atoms with E-state index in [-0.39, 0.29) is 11.7 Å². The van der Waals surface area contributed by atoms with E-state index in [1.165, 1.54) is 15.3 Å². The lowest BCUT2D eigenvalue weighted by atomic mass is 9.91. The summed E-state index contributed by atoms with van der Waals surface area (Å²) in [6.45, 7) is 8.81. The number of nitrogens with zero attached hydrogens (tertiary/aromatic N) is 3. The molecule has 0 saturated carbocycles. The molecule has 0 unspecified atom stereocenters. The minimum absolute atomic E-state index is 0.184. The van der Waals surface area contributed by atoms with Crippen molar-refractivity contribution in [2.75, 3.05) is 26.2 Å². The number of thiophene rings is 1. The van der Waals surface area contributed by atoms with Gasteiger partial charge in [0.15, 0.2) is 5.58 Å². The van der Waals surface area contributed by atoms with Crippen LogP contribution in [0.3, 0.4) is 0 Å². The Kier molecular flexibility index (Phi) is 5.95. The highest BCUT2D eigenvalue weighted by Crippen LogP contribution is 2.36. The molecule has 170 valence electrons. The zero-order chi connectivity index (χ0) is 22.2. The minimum atomic E-state index is 0.184. The number of hydrogen-bond donors (Lipinski definition) is 1. The summed E-state index contributed by atoms with van der Waals surface area (Å²) in [5.74, 6) is 0.809. The maximum atomic E-state index is 11.8. The highest BCUT2D eigenvalue weighted by molar-refractivity contribution is 7.12. The number of amides is 1. The van der Waals surface area contributed by atoms with Crippen LogP contribution in [0.4, 0.5) is 0 Å². The molecule has 6 nitrogen and oxygen atoms in total. The highest BCUT2D eigenvalue weighted by Gasteiger charge is 2.27. The largest absolute Gasteiger partial charge is 0.508 e. The lowest BCUT2D eigenvalue weighted by Crippen LogP contribution is -2.34. The van der Waals surface area contributed by atoms with Crippen LogP contribution in [0.15, 0.2) is 22.7 Å². The van der Waals surface area contributed by atoms with Gasteiger partial charge in [-0.1, -0.05) is 12.1 Å². The maximum Gasteiger partial charge on any atom is 0.219 e. The third-order valence-corrected chi connectivity index (χ3v) is 8.48. The number of aromatic nitrogens is 1. The molecule has 5 rings (SSSR count). The molecule has 4 heterocycles. The molecule has 0 spiro atoms. The first-order valence-electron chi connectivity index (χ1n) is 11.7. The number of fused-ring (bicyclic) bond motifs is 2. The maximum absolute atomic E-state index is 11.8. The van der Waals surface area contributed by atoms with E-state index >= 15 is 0 Å². The molecule has 0 radical (unpaired) electrons. The van der Waals surface area contributed by atoms with E-state index < -0.39 is 0 Å². The average molecular weight is 454 g/mol. The van der Waals surface area contributed by atoms with E-state index in [0.29, 0.717) is 11.5 Å². The van der Waals surface area contributed by atoms with Gasteiger partial charge >= 0.3 is 0 Å². The topological polar surface area (TPSA) is 69.8 Å². The zero-order valence-electron chi connectivity index (χ0n) is 18.9. The molecule has 2 aromatic heterocycles. The molecule has 32 heavy (non-hydrogen) atoms. The SMILES string of the molecule is CCc1c(CCN2CCC(c3noc4cc(O)ccc34)CC2)sc2c1CCN(C(C)=O)C2. The average Bonchev–Trinajstić information content (AvgIpc) is 3.37. The number of rotatable bonds is 5. The van der Waals surface area contributed by atoms with Crippen LogP contribution in [-0.4, -0.2) is 52.1 Å².